The predicted octanol–water partition coefficient (Wildman–Crippen LogP) is 6.86. The molecule has 2 aliphatic rings. The molecule has 1 aliphatic heterocycles. The third-order valence-corrected chi connectivity index (χ3v) is 13.2. The van der Waals surface area contributed by atoms with Crippen molar-refractivity contribution in [2.45, 2.75) is 128 Å². The predicted molar refractivity (Wildman–Crippen MR) is 178 cm³/mol. The highest BCUT2D eigenvalue weighted by Gasteiger charge is 2.36. The third-order valence-electron chi connectivity index (χ3n) is 9.36. The molecule has 0 radical (unpaired) electrons. The first-order chi connectivity index (χ1) is 20.5. The molecular formula is C34H55N3O5S2. The third kappa shape index (κ3) is 7.80. The van der Waals surface area contributed by atoms with Crippen molar-refractivity contribution in [1.82, 2.24) is 13.6 Å². The Balaban J connectivity index is 1.82. The number of hydrogen-bond donors (Lipinski definition) is 1. The van der Waals surface area contributed by atoms with Gasteiger partial charge in [0.1, 0.15) is 4.90 Å². The highest BCUT2D eigenvalue weighted by atomic mass is 32.2. The number of nitrogens with zero attached hydrogens (tertiary/aromatic N) is 2. The summed E-state index contributed by atoms with van der Waals surface area (Å²) in [5, 5.41) is 0. The lowest BCUT2D eigenvalue weighted by atomic mass is 9.85. The zero-order chi connectivity index (χ0) is 32.5. The number of benzene rings is 1. The lowest BCUT2D eigenvalue weighted by Crippen LogP contribution is -2.45. The highest BCUT2D eigenvalue weighted by molar-refractivity contribution is 7.89. The molecule has 4 rings (SSSR count). The Morgan fingerprint density at radius 2 is 1.52 bits per heavy atom. The van der Waals surface area contributed by atoms with Gasteiger partial charge in [0, 0.05) is 49.8 Å². The zero-order valence-electron chi connectivity index (χ0n) is 28.2. The molecule has 0 unspecified atom stereocenters. The minimum absolute atomic E-state index is 0.266. The second-order valence-electron chi connectivity index (χ2n) is 14.8. The average molecular weight is 650 g/mol. The summed E-state index contributed by atoms with van der Waals surface area (Å²) in [6.45, 7) is 18.4. The molecule has 44 heavy (non-hydrogen) atoms. The van der Waals surface area contributed by atoms with Gasteiger partial charge in [-0.05, 0) is 100.0 Å². The summed E-state index contributed by atoms with van der Waals surface area (Å²) in [4.78, 5) is 0.605. The lowest BCUT2D eigenvalue weighted by Gasteiger charge is -2.35. The molecule has 0 atom stereocenters. The summed E-state index contributed by atoms with van der Waals surface area (Å²) in [5.41, 5.74) is 2.06. The quantitative estimate of drug-likeness (QED) is 0.304. The van der Waals surface area contributed by atoms with Gasteiger partial charge >= 0.3 is 0 Å². The van der Waals surface area contributed by atoms with Gasteiger partial charge in [-0.15, -0.1) is 0 Å². The maximum atomic E-state index is 14.1. The molecular weight excluding hydrogens is 595 g/mol. The molecule has 0 amide bonds. The molecule has 1 saturated carbocycles. The van der Waals surface area contributed by atoms with Gasteiger partial charge in [0.05, 0.1) is 4.90 Å². The van der Waals surface area contributed by atoms with Crippen LogP contribution in [-0.4, -0.2) is 57.6 Å². The fraction of sp³-hybridized carbons (Fsp3) is 0.706. The van der Waals surface area contributed by atoms with Crippen LogP contribution in [0.4, 0.5) is 0 Å². The molecule has 2 heterocycles. The maximum absolute atomic E-state index is 14.1. The van der Waals surface area contributed by atoms with Crippen LogP contribution >= 0.6 is 0 Å². The number of hydrogen-bond acceptors (Lipinski definition) is 5. The second kappa shape index (κ2) is 13.6. The topological polar surface area (TPSA) is 97.7 Å². The van der Waals surface area contributed by atoms with Crippen molar-refractivity contribution >= 4 is 20.0 Å². The first-order valence-corrected chi connectivity index (χ1v) is 19.3. The van der Waals surface area contributed by atoms with Gasteiger partial charge < -0.3 is 9.30 Å². The maximum Gasteiger partial charge on any atom is 0.243 e. The molecule has 1 N–H and O–H groups in total. The van der Waals surface area contributed by atoms with E-state index in [9.17, 15) is 16.8 Å². The van der Waals surface area contributed by atoms with E-state index in [1.165, 1.54) is 19.3 Å². The van der Waals surface area contributed by atoms with Gasteiger partial charge in [-0.1, -0.05) is 53.0 Å². The van der Waals surface area contributed by atoms with Crippen molar-refractivity contribution < 1.29 is 21.6 Å². The molecule has 8 nitrogen and oxygen atoms in total. The lowest BCUT2D eigenvalue weighted by molar-refractivity contribution is 0.0678. The molecule has 10 heteroatoms. The molecule has 2 fully saturated rings. The van der Waals surface area contributed by atoms with Gasteiger partial charge in [0.25, 0.3) is 0 Å². The number of ether oxygens (including phenoxy) is 1. The smallest absolute Gasteiger partial charge is 0.243 e. The first-order valence-electron chi connectivity index (χ1n) is 16.4. The van der Waals surface area contributed by atoms with Crippen LogP contribution in [0.1, 0.15) is 105 Å². The molecule has 0 spiro atoms. The standard InChI is InChI=1S/C34H55N3O5S2/c1-9-37(34(6,7)8)44(40,41)31-16-15-28(21-29(31)33(3,4)5)30-22-32(25(2)36(30)24-27-13-11-10-12-14-27)43(38,39)35-23-26-17-19-42-20-18-26/h15-16,21-22,26-27,35H,9-14,17-20,23-24H2,1-8H3. The van der Waals surface area contributed by atoms with E-state index >= 15 is 0 Å². The van der Waals surface area contributed by atoms with Gasteiger partial charge in [0.15, 0.2) is 0 Å². The van der Waals surface area contributed by atoms with Crippen LogP contribution in [0.3, 0.4) is 0 Å². The molecule has 2 aromatic rings. The van der Waals surface area contributed by atoms with Crippen LogP contribution in [-0.2, 0) is 36.7 Å². The van der Waals surface area contributed by atoms with Gasteiger partial charge in [0.2, 0.25) is 20.0 Å². The van der Waals surface area contributed by atoms with E-state index in [4.69, 9.17) is 4.74 Å². The Hall–Kier alpha value is -1.72. The van der Waals surface area contributed by atoms with Crippen molar-refractivity contribution in [1.29, 1.82) is 0 Å². The normalized spacial score (nSPS) is 18.3. The fourth-order valence-electron chi connectivity index (χ4n) is 6.87. The number of nitrogens with one attached hydrogen (secondary N) is 1. The minimum Gasteiger partial charge on any atom is -0.381 e. The minimum atomic E-state index is -3.79. The molecule has 1 aromatic heterocycles. The summed E-state index contributed by atoms with van der Waals surface area (Å²) < 4.78 is 67.7. The summed E-state index contributed by atoms with van der Waals surface area (Å²) >= 11 is 0. The molecule has 1 saturated heterocycles. The van der Waals surface area contributed by atoms with E-state index in [1.54, 1.807) is 16.4 Å². The van der Waals surface area contributed by atoms with E-state index in [0.29, 0.717) is 42.0 Å². The van der Waals surface area contributed by atoms with Crippen molar-refractivity contribution in [2.24, 2.45) is 11.8 Å². The first kappa shape index (κ1) is 35.1. The fourth-order valence-corrected chi connectivity index (χ4v) is 10.4. The number of sulfonamides is 2. The van der Waals surface area contributed by atoms with Gasteiger partial charge in [-0.2, -0.15) is 4.31 Å². The van der Waals surface area contributed by atoms with Crippen molar-refractivity contribution in [2.75, 3.05) is 26.3 Å². The van der Waals surface area contributed by atoms with E-state index < -0.39 is 31.0 Å². The van der Waals surface area contributed by atoms with Crippen LogP contribution in [0, 0.1) is 18.8 Å². The Labute approximate surface area is 267 Å². The van der Waals surface area contributed by atoms with Crippen LogP contribution in [0.25, 0.3) is 11.3 Å². The van der Waals surface area contributed by atoms with E-state index in [1.807, 2.05) is 67.5 Å². The van der Waals surface area contributed by atoms with Crippen LogP contribution in [0.2, 0.25) is 0 Å². The molecule has 1 aromatic carbocycles. The highest BCUT2D eigenvalue weighted by Crippen LogP contribution is 2.38. The SMILES string of the molecule is CCN(C(C)(C)C)S(=O)(=O)c1ccc(-c2cc(S(=O)(=O)NCC3CCOCC3)c(C)n2CC2CCCCC2)cc1C(C)(C)C. The summed E-state index contributed by atoms with van der Waals surface area (Å²) in [5.74, 6) is 0.744. The number of rotatable bonds is 10. The molecule has 248 valence electrons. The van der Waals surface area contributed by atoms with Crippen LogP contribution in [0.15, 0.2) is 34.1 Å². The molecule has 0 bridgehead atoms. The Kier molecular flexibility index (Phi) is 10.8. The van der Waals surface area contributed by atoms with Crippen LogP contribution < -0.4 is 4.72 Å². The monoisotopic (exact) mass is 649 g/mol. The summed E-state index contributed by atoms with van der Waals surface area (Å²) in [7, 11) is -7.54. The molecule has 1 aliphatic carbocycles. The van der Waals surface area contributed by atoms with Crippen molar-refractivity contribution in [3.8, 4) is 11.3 Å². The van der Waals surface area contributed by atoms with E-state index in [-0.39, 0.29) is 5.92 Å². The number of aromatic nitrogens is 1. The van der Waals surface area contributed by atoms with E-state index in [2.05, 4.69) is 9.29 Å². The Bertz CT molecular complexity index is 1500. The largest absolute Gasteiger partial charge is 0.381 e. The second-order valence-corrected chi connectivity index (χ2v) is 18.4. The van der Waals surface area contributed by atoms with Crippen molar-refractivity contribution in [3.63, 3.8) is 0 Å². The zero-order valence-corrected chi connectivity index (χ0v) is 29.8. The van der Waals surface area contributed by atoms with Crippen LogP contribution in [0.5, 0.6) is 0 Å². The Morgan fingerprint density at radius 3 is 2.09 bits per heavy atom. The van der Waals surface area contributed by atoms with Gasteiger partial charge in [-0.25, -0.2) is 21.6 Å². The van der Waals surface area contributed by atoms with Crippen molar-refractivity contribution in [3.05, 3.63) is 35.5 Å². The van der Waals surface area contributed by atoms with Gasteiger partial charge in [-0.3, -0.25) is 0 Å². The van der Waals surface area contributed by atoms with E-state index in [0.717, 1.165) is 54.7 Å². The summed E-state index contributed by atoms with van der Waals surface area (Å²) in [6, 6.07) is 7.36. The Morgan fingerprint density at radius 1 is 0.886 bits per heavy atom. The summed E-state index contributed by atoms with van der Waals surface area (Å²) in [6.07, 6.45) is 7.60. The average Bonchev–Trinajstić information content (AvgIpc) is 3.28.